The molecule has 0 aromatic heterocycles. The van der Waals surface area contributed by atoms with E-state index in [4.69, 9.17) is 20.1 Å². The lowest BCUT2D eigenvalue weighted by atomic mass is 10.8. The van der Waals surface area contributed by atoms with Crippen LogP contribution in [0.15, 0.2) is 0 Å². The van der Waals surface area contributed by atoms with Crippen molar-refractivity contribution in [3.05, 3.63) is 0 Å². The van der Waals surface area contributed by atoms with Crippen LogP contribution in [0.2, 0.25) is 0 Å². The van der Waals surface area contributed by atoms with Gasteiger partial charge in [-0.3, -0.25) is 0 Å². The van der Waals surface area contributed by atoms with Gasteiger partial charge in [0.1, 0.15) is 6.61 Å². The van der Waals surface area contributed by atoms with Gasteiger partial charge in [-0.1, -0.05) is 0 Å². The van der Waals surface area contributed by atoms with Crippen molar-refractivity contribution in [3.63, 3.8) is 0 Å². The summed E-state index contributed by atoms with van der Waals surface area (Å²) in [5.41, 5.74) is 0. The molecule has 4 heteroatoms. The second-order valence-electron chi connectivity index (χ2n) is 0.552. The molecule has 0 aliphatic carbocycles. The van der Waals surface area contributed by atoms with Crippen molar-refractivity contribution in [2.24, 2.45) is 0 Å². The second kappa shape index (κ2) is 9.04. The van der Waals surface area contributed by atoms with Gasteiger partial charge >= 0.3 is 5.97 Å². The van der Waals surface area contributed by atoms with E-state index in [-0.39, 0.29) is 0 Å². The Kier molecular flexibility index (Phi) is 12.4. The van der Waals surface area contributed by atoms with E-state index >= 15 is 0 Å². The van der Waals surface area contributed by atoms with Crippen LogP contribution in [0.3, 0.4) is 0 Å². The summed E-state index contributed by atoms with van der Waals surface area (Å²) in [6.45, 7) is -0.778. The summed E-state index contributed by atoms with van der Waals surface area (Å²) in [5, 5.41) is 22.0. The predicted octanol–water partition coefficient (Wildman–Crippen LogP) is -1.33. The predicted molar refractivity (Wildman–Crippen MR) is 22.9 cm³/mol. The molecule has 0 aromatic rings. The first-order valence-electron chi connectivity index (χ1n) is 1.54. The Labute approximate surface area is 41.0 Å². The standard InChI is InChI=1S/C2H4O3.CH4O/c3-1-2(4)5;1-2/h3H,1H2,(H,4,5);2H,1H3. The van der Waals surface area contributed by atoms with Crippen molar-refractivity contribution < 1.29 is 20.1 Å². The lowest BCUT2D eigenvalue weighted by Gasteiger charge is -1.72. The normalized spacial score (nSPS) is 6.14. The van der Waals surface area contributed by atoms with E-state index in [0.29, 0.717) is 0 Å². The van der Waals surface area contributed by atoms with Crippen LogP contribution in [0.5, 0.6) is 0 Å². The topological polar surface area (TPSA) is 77.8 Å². The van der Waals surface area contributed by atoms with Crippen LogP contribution in [-0.4, -0.2) is 35.0 Å². The van der Waals surface area contributed by atoms with E-state index in [1.54, 1.807) is 0 Å². The Morgan fingerprint density at radius 1 is 1.57 bits per heavy atom. The molecular formula is C3H8O4. The van der Waals surface area contributed by atoms with Crippen molar-refractivity contribution in [2.45, 2.75) is 0 Å². The van der Waals surface area contributed by atoms with Gasteiger partial charge in [0.25, 0.3) is 0 Å². The van der Waals surface area contributed by atoms with E-state index in [1.165, 1.54) is 0 Å². The largest absolute Gasteiger partial charge is 0.480 e. The molecule has 44 valence electrons. The van der Waals surface area contributed by atoms with Gasteiger partial charge in [0.05, 0.1) is 0 Å². The lowest BCUT2D eigenvalue weighted by Crippen LogP contribution is -1.98. The number of carboxylic acids is 1. The Balaban J connectivity index is 0. The van der Waals surface area contributed by atoms with Crippen molar-refractivity contribution in [1.29, 1.82) is 0 Å². The van der Waals surface area contributed by atoms with Crippen molar-refractivity contribution in [1.82, 2.24) is 0 Å². The Bertz CT molecular complexity index is 42.2. The molecule has 0 heterocycles. The molecule has 0 saturated carbocycles. The molecule has 0 aliphatic heterocycles. The van der Waals surface area contributed by atoms with E-state index in [0.717, 1.165) is 7.11 Å². The second-order valence-corrected chi connectivity index (χ2v) is 0.552. The van der Waals surface area contributed by atoms with Crippen LogP contribution in [-0.2, 0) is 4.79 Å². The van der Waals surface area contributed by atoms with Crippen LogP contribution in [0.25, 0.3) is 0 Å². The van der Waals surface area contributed by atoms with Crippen LogP contribution >= 0.6 is 0 Å². The van der Waals surface area contributed by atoms with Gasteiger partial charge in [0.15, 0.2) is 0 Å². The zero-order valence-electron chi connectivity index (χ0n) is 3.96. The Morgan fingerprint density at radius 2 is 1.71 bits per heavy atom. The molecule has 3 N–H and O–H groups in total. The summed E-state index contributed by atoms with van der Waals surface area (Å²) >= 11 is 0. The quantitative estimate of drug-likeness (QED) is 0.389. The average molecular weight is 108 g/mol. The minimum atomic E-state index is -1.19. The number of aliphatic hydroxyl groups excluding tert-OH is 2. The molecule has 0 atom stereocenters. The molecule has 0 fully saturated rings. The fourth-order valence-electron chi connectivity index (χ4n) is 0. The number of aliphatic hydroxyl groups is 2. The van der Waals surface area contributed by atoms with E-state index in [9.17, 15) is 0 Å². The van der Waals surface area contributed by atoms with Gasteiger partial charge < -0.3 is 15.3 Å². The maximum atomic E-state index is 9.12. The van der Waals surface area contributed by atoms with Crippen molar-refractivity contribution in [3.8, 4) is 0 Å². The number of hydrogen-bond donors (Lipinski definition) is 3. The smallest absolute Gasteiger partial charge is 0.329 e. The monoisotopic (exact) mass is 108 g/mol. The maximum Gasteiger partial charge on any atom is 0.329 e. The first-order chi connectivity index (χ1) is 3.27. The molecule has 0 spiro atoms. The summed E-state index contributed by atoms with van der Waals surface area (Å²) < 4.78 is 0. The lowest BCUT2D eigenvalue weighted by molar-refractivity contribution is -0.140. The number of hydrogen-bond acceptors (Lipinski definition) is 3. The zero-order valence-corrected chi connectivity index (χ0v) is 3.96. The summed E-state index contributed by atoms with van der Waals surface area (Å²) in [5.74, 6) is -1.19. The number of aliphatic carboxylic acids is 1. The molecule has 0 bridgehead atoms. The fraction of sp³-hybridized carbons (Fsp3) is 0.667. The minimum absolute atomic E-state index is 0.778. The molecule has 0 aromatic carbocycles. The molecule has 0 radical (unpaired) electrons. The van der Waals surface area contributed by atoms with E-state index < -0.39 is 12.6 Å². The number of carbonyl (C=O) groups is 1. The third-order valence-corrected chi connectivity index (χ3v) is 0.135. The van der Waals surface area contributed by atoms with Crippen LogP contribution in [0.1, 0.15) is 0 Å². The minimum Gasteiger partial charge on any atom is -0.480 e. The van der Waals surface area contributed by atoms with Gasteiger partial charge in [-0.25, -0.2) is 4.79 Å². The SMILES string of the molecule is CO.O=C(O)CO. The summed E-state index contributed by atoms with van der Waals surface area (Å²) in [7, 11) is 1.00. The third-order valence-electron chi connectivity index (χ3n) is 0.135. The molecule has 7 heavy (non-hydrogen) atoms. The van der Waals surface area contributed by atoms with E-state index in [2.05, 4.69) is 0 Å². The molecular weight excluding hydrogens is 100 g/mol. The number of rotatable bonds is 1. The van der Waals surface area contributed by atoms with Gasteiger partial charge in [-0.05, 0) is 0 Å². The average Bonchev–Trinajstić information content (AvgIpc) is 1.73. The zero-order chi connectivity index (χ0) is 6.28. The molecule has 0 rings (SSSR count). The van der Waals surface area contributed by atoms with E-state index in [1.807, 2.05) is 0 Å². The highest BCUT2D eigenvalue weighted by Gasteiger charge is 1.82. The van der Waals surface area contributed by atoms with Gasteiger partial charge in [0.2, 0.25) is 0 Å². The maximum absolute atomic E-state index is 9.12. The third kappa shape index (κ3) is 32.1. The Morgan fingerprint density at radius 3 is 1.71 bits per heavy atom. The first kappa shape index (κ1) is 9.63. The summed E-state index contributed by atoms with van der Waals surface area (Å²) in [6, 6.07) is 0. The molecule has 0 unspecified atom stereocenters. The fourth-order valence-corrected chi connectivity index (χ4v) is 0. The number of carboxylic acid groups (broad SMARTS) is 1. The summed E-state index contributed by atoms with van der Waals surface area (Å²) in [4.78, 5) is 9.12. The Hall–Kier alpha value is -0.610. The summed E-state index contributed by atoms with van der Waals surface area (Å²) in [6.07, 6.45) is 0. The molecule has 0 amide bonds. The van der Waals surface area contributed by atoms with Gasteiger partial charge in [0, 0.05) is 7.11 Å². The van der Waals surface area contributed by atoms with Crippen LogP contribution in [0.4, 0.5) is 0 Å². The van der Waals surface area contributed by atoms with Crippen molar-refractivity contribution in [2.75, 3.05) is 13.7 Å². The highest BCUT2D eigenvalue weighted by molar-refractivity contribution is 5.67. The highest BCUT2D eigenvalue weighted by Crippen LogP contribution is 1.48. The highest BCUT2D eigenvalue weighted by atomic mass is 16.4. The van der Waals surface area contributed by atoms with Crippen LogP contribution in [0, 0.1) is 0 Å². The molecule has 4 nitrogen and oxygen atoms in total. The van der Waals surface area contributed by atoms with Gasteiger partial charge in [-0.2, -0.15) is 0 Å². The van der Waals surface area contributed by atoms with Crippen LogP contribution < -0.4 is 0 Å². The first-order valence-corrected chi connectivity index (χ1v) is 1.54. The molecule has 0 saturated heterocycles. The van der Waals surface area contributed by atoms with Crippen molar-refractivity contribution >= 4 is 5.97 Å². The van der Waals surface area contributed by atoms with Gasteiger partial charge in [-0.15, -0.1) is 0 Å². The molecule has 0 aliphatic rings.